The third-order valence-corrected chi connectivity index (χ3v) is 11.2. The van der Waals surface area contributed by atoms with Gasteiger partial charge in [-0.1, -0.05) is 12.9 Å². The van der Waals surface area contributed by atoms with E-state index in [1.807, 2.05) is 76.2 Å². The third kappa shape index (κ3) is 8.62. The minimum Gasteiger partial charge on any atom is -0.473 e. The average molecular weight is 845 g/mol. The zero-order valence-electron chi connectivity index (χ0n) is 32.5. The van der Waals surface area contributed by atoms with Crippen LogP contribution in [0, 0.1) is 3.57 Å². The van der Waals surface area contributed by atoms with Crippen LogP contribution in [0.5, 0.6) is 11.8 Å². The smallest absolute Gasteiger partial charge is 0.473 e. The number of hydrogen-bond donors (Lipinski definition) is 1. The first-order valence-corrected chi connectivity index (χ1v) is 19.8. The largest absolute Gasteiger partial charge is 0.487 e. The maximum Gasteiger partial charge on any atom is 0.487 e. The summed E-state index contributed by atoms with van der Waals surface area (Å²) in [6.07, 6.45) is 8.33. The highest BCUT2D eigenvalue weighted by Crippen LogP contribution is 2.38. The van der Waals surface area contributed by atoms with Gasteiger partial charge in [0, 0.05) is 32.1 Å². The Morgan fingerprint density at radius 1 is 1.11 bits per heavy atom. The molecule has 0 aromatic carbocycles. The molecular formula is C37H54BIN8O6. The minimum atomic E-state index is -0.496. The van der Waals surface area contributed by atoms with Crippen molar-refractivity contribution in [2.75, 3.05) is 26.3 Å². The van der Waals surface area contributed by atoms with Crippen molar-refractivity contribution in [2.45, 2.75) is 117 Å². The van der Waals surface area contributed by atoms with Crippen LogP contribution in [0.1, 0.15) is 92.3 Å². The first-order chi connectivity index (χ1) is 25.2. The lowest BCUT2D eigenvalue weighted by molar-refractivity contribution is -0.0367. The van der Waals surface area contributed by atoms with Crippen molar-refractivity contribution in [1.29, 1.82) is 0 Å². The Morgan fingerprint density at radius 2 is 1.87 bits per heavy atom. The van der Waals surface area contributed by atoms with Crippen molar-refractivity contribution >= 4 is 46.7 Å². The molecule has 1 N–H and O–H groups in total. The topological polar surface area (TPSA) is 136 Å². The molecule has 4 aromatic rings. The van der Waals surface area contributed by atoms with Crippen LogP contribution < -0.4 is 9.47 Å². The standard InChI is InChI=1S/C37H54BIN8O6/c1-10-45(23-31-33(39)34(50-24(2)3)43-46(31)16-17-48)22-25(4)51-35-27(20-41-44(35)9)29-19-26-28(14-15-38-52-36(5,6)37(7,8)53-38)42-47(30(26)21-40-29)32-13-11-12-18-49-32/h14-15,19-21,24-25,32,48H,10-13,16-18,22-23H2,1-9H3/b15-14+. The van der Waals surface area contributed by atoms with Crippen LogP contribution in [0.25, 0.3) is 28.2 Å². The Bertz CT molecular complexity index is 1880. The molecule has 4 aromatic heterocycles. The Balaban J connectivity index is 1.25. The van der Waals surface area contributed by atoms with Crippen LogP contribution in [0.3, 0.4) is 0 Å². The molecule has 2 saturated heterocycles. The molecule has 6 rings (SSSR count). The first kappa shape index (κ1) is 39.7. The molecule has 2 aliphatic rings. The van der Waals surface area contributed by atoms with Crippen molar-refractivity contribution < 1.29 is 28.6 Å². The maximum absolute atomic E-state index is 9.72. The molecule has 6 heterocycles. The molecule has 0 amide bonds. The van der Waals surface area contributed by atoms with E-state index in [1.165, 1.54) is 0 Å². The van der Waals surface area contributed by atoms with Gasteiger partial charge in [0.1, 0.15) is 6.10 Å². The Kier molecular flexibility index (Phi) is 12.3. The maximum atomic E-state index is 9.72. The number of nitrogens with zero attached hydrogens (tertiary/aromatic N) is 8. The quantitative estimate of drug-likeness (QED) is 0.111. The van der Waals surface area contributed by atoms with Crippen LogP contribution >= 0.6 is 22.6 Å². The van der Waals surface area contributed by atoms with E-state index in [9.17, 15) is 5.11 Å². The van der Waals surface area contributed by atoms with E-state index in [0.29, 0.717) is 38.0 Å². The lowest BCUT2D eigenvalue weighted by Crippen LogP contribution is -2.41. The van der Waals surface area contributed by atoms with Gasteiger partial charge < -0.3 is 28.6 Å². The van der Waals surface area contributed by atoms with Gasteiger partial charge in [-0.25, -0.2) is 9.36 Å². The van der Waals surface area contributed by atoms with Gasteiger partial charge in [0.25, 0.3) is 0 Å². The summed E-state index contributed by atoms with van der Waals surface area (Å²) in [5, 5.41) is 24.9. The zero-order valence-corrected chi connectivity index (χ0v) is 34.7. The van der Waals surface area contributed by atoms with Crippen molar-refractivity contribution in [2.24, 2.45) is 7.05 Å². The summed E-state index contributed by atoms with van der Waals surface area (Å²) in [4.78, 5) is 7.22. The lowest BCUT2D eigenvalue weighted by Gasteiger charge is -2.32. The van der Waals surface area contributed by atoms with Crippen LogP contribution in [-0.2, 0) is 34.2 Å². The number of hydrogen-bond acceptors (Lipinski definition) is 11. The molecular weight excluding hydrogens is 790 g/mol. The van der Waals surface area contributed by atoms with E-state index in [0.717, 1.165) is 62.9 Å². The third-order valence-electron chi connectivity index (χ3n) is 10.2. The molecule has 0 saturated carbocycles. The van der Waals surface area contributed by atoms with Crippen molar-refractivity contribution in [3.63, 3.8) is 0 Å². The van der Waals surface area contributed by atoms with Gasteiger partial charge in [-0.15, -0.1) is 5.10 Å². The Hall–Kier alpha value is -3.03. The van der Waals surface area contributed by atoms with Gasteiger partial charge in [-0.05, 0) is 109 Å². The number of aromatic nitrogens is 7. The second kappa shape index (κ2) is 16.4. The zero-order chi connectivity index (χ0) is 38.1. The molecule has 2 aliphatic heterocycles. The molecule has 16 heteroatoms. The van der Waals surface area contributed by atoms with Crippen molar-refractivity contribution in [1.82, 2.24) is 39.2 Å². The van der Waals surface area contributed by atoms with Crippen molar-refractivity contribution in [3.8, 4) is 23.0 Å². The number of fused-ring (bicyclic) bond motifs is 1. The second-order valence-corrected chi connectivity index (χ2v) is 16.2. The Labute approximate surface area is 326 Å². The number of rotatable bonds is 15. The number of aryl methyl sites for hydroxylation is 1. The number of likely N-dealkylation sites (N-methyl/N-ethyl adjacent to an activating group) is 1. The van der Waals surface area contributed by atoms with Crippen LogP contribution in [0.15, 0.2) is 24.4 Å². The number of aliphatic hydroxyl groups is 1. The molecule has 2 unspecified atom stereocenters. The minimum absolute atomic E-state index is 0.000580. The summed E-state index contributed by atoms with van der Waals surface area (Å²) < 4.78 is 37.8. The normalized spacial score (nSPS) is 19.3. The fourth-order valence-corrected chi connectivity index (χ4v) is 7.32. The number of pyridine rings is 1. The van der Waals surface area contributed by atoms with E-state index < -0.39 is 18.3 Å². The summed E-state index contributed by atoms with van der Waals surface area (Å²) in [6.45, 7) is 19.5. The van der Waals surface area contributed by atoms with Crippen LogP contribution in [0.2, 0.25) is 0 Å². The summed E-state index contributed by atoms with van der Waals surface area (Å²) in [7, 11) is 1.38. The van der Waals surface area contributed by atoms with Gasteiger partial charge in [0.15, 0.2) is 6.23 Å². The summed E-state index contributed by atoms with van der Waals surface area (Å²) in [5.41, 5.74) is 3.32. The lowest BCUT2D eigenvalue weighted by atomic mass is 9.89. The van der Waals surface area contributed by atoms with Crippen molar-refractivity contribution in [3.05, 3.63) is 39.4 Å². The van der Waals surface area contributed by atoms with Gasteiger partial charge in [-0.3, -0.25) is 14.6 Å². The monoisotopic (exact) mass is 844 g/mol. The predicted molar refractivity (Wildman–Crippen MR) is 213 cm³/mol. The van der Waals surface area contributed by atoms with E-state index >= 15 is 0 Å². The number of aliphatic hydroxyl groups excluding tert-OH is 1. The van der Waals surface area contributed by atoms with Crippen LogP contribution in [-0.4, -0.2) is 101 Å². The fourth-order valence-electron chi connectivity index (χ4n) is 6.63. The summed E-state index contributed by atoms with van der Waals surface area (Å²) in [6, 6.07) is 2.06. The predicted octanol–water partition coefficient (Wildman–Crippen LogP) is 6.05. The van der Waals surface area contributed by atoms with E-state index in [-0.39, 0.29) is 25.0 Å². The molecule has 0 bridgehead atoms. The average Bonchev–Trinajstić information content (AvgIpc) is 3.80. The van der Waals surface area contributed by atoms with Gasteiger partial charge in [-0.2, -0.15) is 10.2 Å². The first-order valence-electron chi connectivity index (χ1n) is 18.7. The number of ether oxygens (including phenoxy) is 3. The molecule has 0 radical (unpaired) electrons. The van der Waals surface area contributed by atoms with Crippen LogP contribution in [0.4, 0.5) is 0 Å². The van der Waals surface area contributed by atoms with E-state index in [4.69, 9.17) is 33.6 Å². The van der Waals surface area contributed by atoms with E-state index in [2.05, 4.69) is 57.6 Å². The highest BCUT2D eigenvalue weighted by molar-refractivity contribution is 14.1. The summed E-state index contributed by atoms with van der Waals surface area (Å²) >= 11 is 2.29. The van der Waals surface area contributed by atoms with Gasteiger partial charge >= 0.3 is 7.12 Å². The highest BCUT2D eigenvalue weighted by atomic mass is 127. The molecule has 2 fully saturated rings. The molecule has 53 heavy (non-hydrogen) atoms. The van der Waals surface area contributed by atoms with E-state index in [1.54, 1.807) is 10.9 Å². The molecule has 14 nitrogen and oxygen atoms in total. The molecule has 2 atom stereocenters. The van der Waals surface area contributed by atoms with Gasteiger partial charge in [0.05, 0.1) is 74.6 Å². The highest BCUT2D eigenvalue weighted by Gasteiger charge is 2.50. The number of halogens is 1. The second-order valence-electron chi connectivity index (χ2n) is 15.1. The summed E-state index contributed by atoms with van der Waals surface area (Å²) in [5.74, 6) is 3.15. The SMILES string of the molecule is CCN(Cc1c(I)c(OC(C)C)nn1CCO)CC(C)Oc1c(-c2cc3c(/C=C/B4OC(C)(C)C(C)(C)O4)nn(C4CCCCO4)c3cn2)cnn1C. The van der Waals surface area contributed by atoms with Gasteiger partial charge in [0.2, 0.25) is 11.8 Å². The molecule has 0 aliphatic carbocycles. The Morgan fingerprint density at radius 3 is 2.53 bits per heavy atom. The molecule has 288 valence electrons. The fraction of sp³-hybridized carbons (Fsp3) is 0.622. The molecule has 0 spiro atoms.